The molecule has 3 aromatic heterocycles. The van der Waals surface area contributed by atoms with Crippen LogP contribution in [0.1, 0.15) is 24.1 Å². The van der Waals surface area contributed by atoms with Crippen LogP contribution in [-0.4, -0.2) is 40.8 Å². The van der Waals surface area contributed by atoms with Gasteiger partial charge in [-0.05, 0) is 49.9 Å². The van der Waals surface area contributed by atoms with E-state index in [0.717, 1.165) is 35.6 Å². The van der Waals surface area contributed by atoms with Crippen molar-refractivity contribution < 1.29 is 17.2 Å². The van der Waals surface area contributed by atoms with E-state index in [-0.39, 0.29) is 11.0 Å². The first kappa shape index (κ1) is 21.4. The largest absolute Gasteiger partial charge is 0.346 e. The fourth-order valence-electron chi connectivity index (χ4n) is 5.11. The van der Waals surface area contributed by atoms with Gasteiger partial charge in [0.1, 0.15) is 17.5 Å². The van der Waals surface area contributed by atoms with Gasteiger partial charge in [-0.1, -0.05) is 11.3 Å². The first-order valence-corrected chi connectivity index (χ1v) is 13.4. The van der Waals surface area contributed by atoms with E-state index in [4.69, 9.17) is 4.98 Å². The molecular formula is C22H20F2N6O2S2. The standard InChI is InChI=1S/C22H20F2N6O2S2/c1-12-19(33-21(26-12)28-34(2,31)32)15-11-25-30-8-6-18(27-20(15)30)29-7-5-13-10-22(13,29)16-9-14(23)3-4-17(16)24/h3-4,6,8-9,11,13H,5,7,10H2,1-2H3,(H,26,28)/t13-,22+/m0/s1. The van der Waals surface area contributed by atoms with Gasteiger partial charge in [0.25, 0.3) is 0 Å². The number of anilines is 2. The zero-order valence-electron chi connectivity index (χ0n) is 18.3. The zero-order chi connectivity index (χ0) is 23.8. The molecule has 0 unspecified atom stereocenters. The van der Waals surface area contributed by atoms with Crippen molar-refractivity contribution in [3.8, 4) is 10.4 Å². The van der Waals surface area contributed by atoms with Gasteiger partial charge in [-0.15, -0.1) is 0 Å². The molecule has 2 atom stereocenters. The summed E-state index contributed by atoms with van der Waals surface area (Å²) < 4.78 is 56.0. The molecule has 6 rings (SSSR count). The number of hydrogen-bond donors (Lipinski definition) is 1. The Balaban J connectivity index is 1.43. The van der Waals surface area contributed by atoms with E-state index < -0.39 is 27.2 Å². The third-order valence-electron chi connectivity index (χ3n) is 6.60. The Bertz CT molecular complexity index is 1570. The third kappa shape index (κ3) is 3.27. The molecule has 1 saturated heterocycles. The second-order valence-corrected chi connectivity index (χ2v) is 11.6. The van der Waals surface area contributed by atoms with Crippen molar-refractivity contribution in [3.05, 3.63) is 59.6 Å². The highest BCUT2D eigenvalue weighted by Crippen LogP contribution is 2.63. The normalized spacial score (nSPS) is 21.8. The minimum Gasteiger partial charge on any atom is -0.346 e. The average molecular weight is 503 g/mol. The van der Waals surface area contributed by atoms with E-state index in [1.807, 2.05) is 6.07 Å². The summed E-state index contributed by atoms with van der Waals surface area (Å²) in [5.74, 6) is 0.0474. The van der Waals surface area contributed by atoms with Crippen molar-refractivity contribution >= 4 is 38.0 Å². The molecule has 4 heterocycles. The molecule has 4 aromatic rings. The van der Waals surface area contributed by atoms with Gasteiger partial charge in [-0.2, -0.15) is 5.10 Å². The molecule has 0 bridgehead atoms. The second kappa shape index (κ2) is 7.19. The maximum atomic E-state index is 14.8. The molecule has 1 saturated carbocycles. The number of benzene rings is 1. The molecule has 176 valence electrons. The Kier molecular flexibility index (Phi) is 4.53. The van der Waals surface area contributed by atoms with Crippen LogP contribution in [0.15, 0.2) is 36.7 Å². The molecule has 34 heavy (non-hydrogen) atoms. The van der Waals surface area contributed by atoms with Crippen molar-refractivity contribution in [2.75, 3.05) is 22.4 Å². The summed E-state index contributed by atoms with van der Waals surface area (Å²) in [6, 6.07) is 5.46. The number of rotatable bonds is 5. The van der Waals surface area contributed by atoms with Crippen LogP contribution in [0.2, 0.25) is 0 Å². The van der Waals surface area contributed by atoms with Crippen molar-refractivity contribution in [3.63, 3.8) is 0 Å². The highest BCUT2D eigenvalue weighted by atomic mass is 32.2. The van der Waals surface area contributed by atoms with Gasteiger partial charge in [-0.3, -0.25) is 4.72 Å². The summed E-state index contributed by atoms with van der Waals surface area (Å²) in [6.07, 6.45) is 6.16. The van der Waals surface area contributed by atoms with E-state index in [1.54, 1.807) is 23.8 Å². The highest BCUT2D eigenvalue weighted by molar-refractivity contribution is 7.92. The molecule has 1 aliphatic carbocycles. The van der Waals surface area contributed by atoms with E-state index in [2.05, 4.69) is 19.7 Å². The number of piperidine rings is 1. The topological polar surface area (TPSA) is 92.5 Å². The van der Waals surface area contributed by atoms with Crippen LogP contribution in [0.25, 0.3) is 16.1 Å². The van der Waals surface area contributed by atoms with Crippen LogP contribution in [0.3, 0.4) is 0 Å². The lowest BCUT2D eigenvalue weighted by Crippen LogP contribution is -2.34. The van der Waals surface area contributed by atoms with Crippen molar-refractivity contribution in [2.24, 2.45) is 5.92 Å². The van der Waals surface area contributed by atoms with Crippen molar-refractivity contribution in [2.45, 2.75) is 25.3 Å². The number of aryl methyl sites for hydroxylation is 1. The summed E-state index contributed by atoms with van der Waals surface area (Å²) in [4.78, 5) is 12.0. The number of hydrogen-bond acceptors (Lipinski definition) is 7. The molecule has 1 aliphatic heterocycles. The molecule has 12 heteroatoms. The second-order valence-electron chi connectivity index (χ2n) is 8.81. The predicted molar refractivity (Wildman–Crippen MR) is 125 cm³/mol. The molecule has 0 radical (unpaired) electrons. The highest BCUT2D eigenvalue weighted by Gasteiger charge is 2.64. The number of fused-ring (bicyclic) bond motifs is 2. The predicted octanol–water partition coefficient (Wildman–Crippen LogP) is 3.94. The minimum absolute atomic E-state index is 0.250. The number of aromatic nitrogens is 4. The van der Waals surface area contributed by atoms with E-state index in [1.165, 1.54) is 23.5 Å². The lowest BCUT2D eigenvalue weighted by molar-refractivity contribution is 0.544. The van der Waals surface area contributed by atoms with Crippen LogP contribution in [0, 0.1) is 24.5 Å². The van der Waals surface area contributed by atoms with Gasteiger partial charge in [0.15, 0.2) is 10.8 Å². The Morgan fingerprint density at radius 3 is 2.82 bits per heavy atom. The monoisotopic (exact) mass is 502 g/mol. The number of nitrogens with one attached hydrogen (secondary N) is 1. The first-order chi connectivity index (χ1) is 16.2. The summed E-state index contributed by atoms with van der Waals surface area (Å²) >= 11 is 1.21. The lowest BCUT2D eigenvalue weighted by Gasteiger charge is -2.30. The van der Waals surface area contributed by atoms with Crippen LogP contribution in [-0.2, 0) is 15.6 Å². The first-order valence-electron chi connectivity index (χ1n) is 10.7. The van der Waals surface area contributed by atoms with Gasteiger partial charge >= 0.3 is 0 Å². The molecule has 1 aromatic carbocycles. The summed E-state index contributed by atoms with van der Waals surface area (Å²) in [5.41, 5.74) is 1.73. The molecule has 8 nitrogen and oxygen atoms in total. The number of sulfonamides is 1. The summed E-state index contributed by atoms with van der Waals surface area (Å²) in [6.45, 7) is 2.49. The fourth-order valence-corrected chi connectivity index (χ4v) is 6.92. The van der Waals surface area contributed by atoms with E-state index >= 15 is 0 Å². The van der Waals surface area contributed by atoms with Crippen molar-refractivity contribution in [1.29, 1.82) is 0 Å². The Morgan fingerprint density at radius 2 is 2.06 bits per heavy atom. The lowest BCUT2D eigenvalue weighted by atomic mass is 10.0. The van der Waals surface area contributed by atoms with Crippen LogP contribution < -0.4 is 9.62 Å². The summed E-state index contributed by atoms with van der Waals surface area (Å²) in [7, 11) is -3.45. The maximum Gasteiger partial charge on any atom is 0.231 e. The van der Waals surface area contributed by atoms with Crippen LogP contribution in [0.4, 0.5) is 19.7 Å². The van der Waals surface area contributed by atoms with Crippen LogP contribution in [0.5, 0.6) is 0 Å². The summed E-state index contributed by atoms with van der Waals surface area (Å²) in [5, 5.41) is 4.65. The van der Waals surface area contributed by atoms with Gasteiger partial charge in [0.05, 0.1) is 34.1 Å². The quantitative estimate of drug-likeness (QED) is 0.445. The molecule has 0 spiro atoms. The zero-order valence-corrected chi connectivity index (χ0v) is 19.9. The molecule has 1 N–H and O–H groups in total. The molecule has 0 amide bonds. The maximum absolute atomic E-state index is 14.8. The number of thiazole rings is 1. The Morgan fingerprint density at radius 1 is 1.24 bits per heavy atom. The van der Waals surface area contributed by atoms with E-state index in [0.29, 0.717) is 29.3 Å². The molecule has 2 fully saturated rings. The SMILES string of the molecule is Cc1nc(NS(C)(=O)=O)sc1-c1cnn2ccc(N3CC[C@H]4C[C@]43c3cc(F)ccc3F)nc12. The van der Waals surface area contributed by atoms with Crippen molar-refractivity contribution in [1.82, 2.24) is 19.6 Å². The Labute approximate surface area is 198 Å². The minimum atomic E-state index is -3.45. The van der Waals surface area contributed by atoms with Gasteiger partial charge in [0, 0.05) is 18.3 Å². The molecule has 2 aliphatic rings. The smallest absolute Gasteiger partial charge is 0.231 e. The Hall–Kier alpha value is -3.12. The molecular weight excluding hydrogens is 482 g/mol. The van der Waals surface area contributed by atoms with Gasteiger partial charge in [-0.25, -0.2) is 31.7 Å². The van der Waals surface area contributed by atoms with E-state index in [9.17, 15) is 17.2 Å². The number of nitrogens with zero attached hydrogens (tertiary/aromatic N) is 5. The van der Waals surface area contributed by atoms with Crippen LogP contribution >= 0.6 is 11.3 Å². The van der Waals surface area contributed by atoms with Gasteiger partial charge < -0.3 is 4.90 Å². The fraction of sp³-hybridized carbons (Fsp3) is 0.318. The van der Waals surface area contributed by atoms with Gasteiger partial charge in [0.2, 0.25) is 10.0 Å². The average Bonchev–Trinajstić information content (AvgIpc) is 3.04. The number of halogens is 2. The third-order valence-corrected chi connectivity index (χ3v) is 8.39.